The summed E-state index contributed by atoms with van der Waals surface area (Å²) in [5, 5.41) is 10.8. The van der Waals surface area contributed by atoms with Gasteiger partial charge < -0.3 is 10.3 Å². The van der Waals surface area contributed by atoms with Crippen molar-refractivity contribution in [3.63, 3.8) is 0 Å². The van der Waals surface area contributed by atoms with Crippen LogP contribution in [0.15, 0.2) is 18.2 Å². The van der Waals surface area contributed by atoms with E-state index in [1.54, 1.807) is 4.90 Å². The third-order valence-corrected chi connectivity index (χ3v) is 2.94. The Morgan fingerprint density at radius 1 is 1.50 bits per heavy atom. The Balaban J connectivity index is 3.13. The number of nitro groups is 1. The molecule has 0 saturated carbocycles. The molecule has 1 aromatic carbocycles. The maximum Gasteiger partial charge on any atom is 0.293 e. The first-order valence-corrected chi connectivity index (χ1v) is 6.48. The number of nitro benzene ring substituents is 1. The number of hydrogen-bond acceptors (Lipinski definition) is 5. The van der Waals surface area contributed by atoms with Gasteiger partial charge in [-0.2, -0.15) is 0 Å². The summed E-state index contributed by atoms with van der Waals surface area (Å²) in [6, 6.07) is 4.21. The molecule has 0 aliphatic carbocycles. The van der Waals surface area contributed by atoms with E-state index in [9.17, 15) is 14.9 Å². The molecule has 0 aromatic heterocycles. The number of anilines is 1. The lowest BCUT2D eigenvalue weighted by Gasteiger charge is -2.26. The Morgan fingerprint density at radius 3 is 2.60 bits per heavy atom. The summed E-state index contributed by atoms with van der Waals surface area (Å²) in [7, 11) is 0. The summed E-state index contributed by atoms with van der Waals surface area (Å²) in [6.07, 6.45) is 0.846. The number of benzene rings is 1. The highest BCUT2D eigenvalue weighted by Crippen LogP contribution is 2.25. The summed E-state index contributed by atoms with van der Waals surface area (Å²) in [5.74, 6) is 5.11. The minimum Gasteiger partial charge on any atom is -0.336 e. The van der Waals surface area contributed by atoms with Gasteiger partial charge in [0.05, 0.1) is 4.92 Å². The van der Waals surface area contributed by atoms with Crippen molar-refractivity contribution in [2.24, 2.45) is 5.84 Å². The fraction of sp³-hybridized carbons (Fsp3) is 0.462. The number of carbonyl (C=O) groups is 1. The number of nitrogens with two attached hydrogens (primary N) is 1. The van der Waals surface area contributed by atoms with Crippen molar-refractivity contribution in [3.8, 4) is 0 Å². The molecular formula is C13H20N4O3. The van der Waals surface area contributed by atoms with E-state index in [1.807, 2.05) is 20.8 Å². The number of hydrogen-bond donors (Lipinski definition) is 2. The monoisotopic (exact) mass is 280 g/mol. The zero-order chi connectivity index (χ0) is 15.3. The third-order valence-electron chi connectivity index (χ3n) is 2.94. The molecule has 1 aromatic rings. The van der Waals surface area contributed by atoms with Crippen LogP contribution in [0.25, 0.3) is 0 Å². The predicted octanol–water partition coefficient (Wildman–Crippen LogP) is 2.14. The summed E-state index contributed by atoms with van der Waals surface area (Å²) >= 11 is 0. The van der Waals surface area contributed by atoms with Crippen LogP contribution in [0.4, 0.5) is 11.4 Å². The van der Waals surface area contributed by atoms with Crippen molar-refractivity contribution in [1.82, 2.24) is 4.90 Å². The van der Waals surface area contributed by atoms with Gasteiger partial charge in [0.25, 0.3) is 11.6 Å². The molecule has 0 aliphatic heterocycles. The van der Waals surface area contributed by atoms with E-state index >= 15 is 0 Å². The quantitative estimate of drug-likeness (QED) is 0.472. The van der Waals surface area contributed by atoms with Gasteiger partial charge in [-0.3, -0.25) is 20.8 Å². The Bertz CT molecular complexity index is 502. The lowest BCUT2D eigenvalue weighted by atomic mass is 10.1. The van der Waals surface area contributed by atoms with Crippen molar-refractivity contribution >= 4 is 17.3 Å². The second-order valence-corrected chi connectivity index (χ2v) is 4.73. The first kappa shape index (κ1) is 15.9. The van der Waals surface area contributed by atoms with Gasteiger partial charge in [-0.15, -0.1) is 0 Å². The largest absolute Gasteiger partial charge is 0.336 e. The molecule has 1 rings (SSSR count). The van der Waals surface area contributed by atoms with Crippen LogP contribution in [0.5, 0.6) is 0 Å². The molecule has 0 aliphatic rings. The molecule has 0 radical (unpaired) electrons. The molecule has 7 nitrogen and oxygen atoms in total. The zero-order valence-corrected chi connectivity index (χ0v) is 11.9. The second-order valence-electron chi connectivity index (χ2n) is 4.73. The summed E-state index contributed by atoms with van der Waals surface area (Å²) in [4.78, 5) is 24.4. The van der Waals surface area contributed by atoms with Crippen LogP contribution in [-0.4, -0.2) is 28.3 Å². The Kier molecular flexibility index (Phi) is 5.45. The van der Waals surface area contributed by atoms with Crippen molar-refractivity contribution in [2.45, 2.75) is 33.2 Å². The van der Waals surface area contributed by atoms with Crippen molar-refractivity contribution in [3.05, 3.63) is 33.9 Å². The van der Waals surface area contributed by atoms with E-state index in [0.717, 1.165) is 6.42 Å². The van der Waals surface area contributed by atoms with Gasteiger partial charge >= 0.3 is 0 Å². The Morgan fingerprint density at radius 2 is 2.15 bits per heavy atom. The third kappa shape index (κ3) is 3.45. The first-order chi connectivity index (χ1) is 9.42. The summed E-state index contributed by atoms with van der Waals surface area (Å²) in [6.45, 7) is 6.49. The molecule has 0 heterocycles. The molecule has 7 heteroatoms. The highest BCUT2D eigenvalue weighted by Gasteiger charge is 2.21. The lowest BCUT2D eigenvalue weighted by molar-refractivity contribution is -0.384. The van der Waals surface area contributed by atoms with Gasteiger partial charge in [-0.05, 0) is 32.4 Å². The summed E-state index contributed by atoms with van der Waals surface area (Å²) < 4.78 is 0. The highest BCUT2D eigenvalue weighted by atomic mass is 16.6. The van der Waals surface area contributed by atoms with Gasteiger partial charge in [0.15, 0.2) is 0 Å². The maximum absolute atomic E-state index is 12.4. The highest BCUT2D eigenvalue weighted by molar-refractivity contribution is 5.96. The number of nitrogens with one attached hydrogen (secondary N) is 1. The van der Waals surface area contributed by atoms with Crippen LogP contribution in [-0.2, 0) is 0 Å². The van der Waals surface area contributed by atoms with Crippen LogP contribution in [0, 0.1) is 10.1 Å². The molecule has 3 N–H and O–H groups in total. The molecule has 1 amide bonds. The van der Waals surface area contributed by atoms with Gasteiger partial charge in [-0.25, -0.2) is 0 Å². The molecule has 0 spiro atoms. The molecular weight excluding hydrogens is 260 g/mol. The molecule has 0 unspecified atom stereocenters. The molecule has 0 bridgehead atoms. The van der Waals surface area contributed by atoms with E-state index in [-0.39, 0.29) is 23.3 Å². The van der Waals surface area contributed by atoms with E-state index in [2.05, 4.69) is 5.43 Å². The van der Waals surface area contributed by atoms with E-state index in [4.69, 9.17) is 5.84 Å². The molecule has 0 atom stereocenters. The summed E-state index contributed by atoms with van der Waals surface area (Å²) in [5.41, 5.74) is 2.61. The van der Waals surface area contributed by atoms with E-state index in [1.165, 1.54) is 18.2 Å². The number of nitrogens with zero attached hydrogens (tertiary/aromatic N) is 2. The number of hydrazine groups is 1. The average Bonchev–Trinajstić information content (AvgIpc) is 2.42. The van der Waals surface area contributed by atoms with Crippen LogP contribution in [0.3, 0.4) is 0 Å². The van der Waals surface area contributed by atoms with Crippen LogP contribution in [0.1, 0.15) is 37.6 Å². The Labute approximate surface area is 117 Å². The zero-order valence-electron chi connectivity index (χ0n) is 11.9. The van der Waals surface area contributed by atoms with Gasteiger partial charge in [0, 0.05) is 24.2 Å². The number of carbonyl (C=O) groups excluding carboxylic acids is 1. The van der Waals surface area contributed by atoms with Crippen molar-refractivity contribution in [1.29, 1.82) is 0 Å². The van der Waals surface area contributed by atoms with Gasteiger partial charge in [0.2, 0.25) is 0 Å². The maximum atomic E-state index is 12.4. The fourth-order valence-electron chi connectivity index (χ4n) is 1.94. The van der Waals surface area contributed by atoms with Gasteiger partial charge in [0.1, 0.15) is 5.69 Å². The van der Waals surface area contributed by atoms with Crippen molar-refractivity contribution < 1.29 is 9.72 Å². The smallest absolute Gasteiger partial charge is 0.293 e. The minimum absolute atomic E-state index is 0.0620. The second kappa shape index (κ2) is 6.85. The number of rotatable bonds is 6. The molecule has 0 fully saturated rings. The fourth-order valence-corrected chi connectivity index (χ4v) is 1.94. The van der Waals surface area contributed by atoms with Crippen molar-refractivity contribution in [2.75, 3.05) is 12.0 Å². The lowest BCUT2D eigenvalue weighted by Crippen LogP contribution is -2.37. The number of amides is 1. The molecule has 110 valence electrons. The molecule has 0 saturated heterocycles. The van der Waals surface area contributed by atoms with E-state index in [0.29, 0.717) is 12.1 Å². The average molecular weight is 280 g/mol. The minimum atomic E-state index is -0.546. The van der Waals surface area contributed by atoms with Crippen LogP contribution >= 0.6 is 0 Å². The van der Waals surface area contributed by atoms with Crippen LogP contribution in [0.2, 0.25) is 0 Å². The predicted molar refractivity (Wildman–Crippen MR) is 77.4 cm³/mol. The molecule has 20 heavy (non-hydrogen) atoms. The SMILES string of the molecule is CCCN(C(=O)c1ccc([N+](=O)[O-])c(NN)c1)C(C)C. The topological polar surface area (TPSA) is 102 Å². The normalized spacial score (nSPS) is 10.4. The standard InChI is InChI=1S/C13H20N4O3/c1-4-7-16(9(2)3)13(18)10-5-6-12(17(19)20)11(8-10)15-14/h5-6,8-9,15H,4,7,14H2,1-3H3. The van der Waals surface area contributed by atoms with Crippen LogP contribution < -0.4 is 11.3 Å². The van der Waals surface area contributed by atoms with E-state index < -0.39 is 4.92 Å². The number of nitrogen functional groups attached to an aromatic ring is 1. The van der Waals surface area contributed by atoms with Gasteiger partial charge in [-0.1, -0.05) is 6.92 Å². The first-order valence-electron chi connectivity index (χ1n) is 6.48. The Hall–Kier alpha value is -2.15.